The SMILES string of the molecule is CCNC(=O)CN(CC(=O)O)C(=O)CNC(=O)CNC(=O)CN(CC(=O)O)C(=O)CNC(=O)CNC(=O)[C@H](Cc1ccc(O)cc1)NC=O. The Morgan fingerprint density at radius 1 is 0.653 bits per heavy atom. The number of aromatic hydroxyl groups is 1. The fraction of sp³-hybridized carbons (Fsp3) is 0.429. The van der Waals surface area contributed by atoms with Crippen LogP contribution >= 0.6 is 0 Å². The van der Waals surface area contributed by atoms with Gasteiger partial charge in [0.05, 0.1) is 26.2 Å². The second-order valence-electron chi connectivity index (χ2n) is 10.00. The molecular formula is C28H38N8O13. The van der Waals surface area contributed by atoms with Gasteiger partial charge in [-0.2, -0.15) is 0 Å². The van der Waals surface area contributed by atoms with E-state index in [9.17, 15) is 53.1 Å². The molecule has 21 nitrogen and oxygen atoms in total. The van der Waals surface area contributed by atoms with Gasteiger partial charge in [0.25, 0.3) is 0 Å². The van der Waals surface area contributed by atoms with Crippen LogP contribution in [0.25, 0.3) is 0 Å². The predicted molar refractivity (Wildman–Crippen MR) is 164 cm³/mol. The number of nitrogens with zero attached hydrogens (tertiary/aromatic N) is 2. The molecule has 49 heavy (non-hydrogen) atoms. The van der Waals surface area contributed by atoms with E-state index in [0.29, 0.717) is 21.8 Å². The first-order valence-electron chi connectivity index (χ1n) is 14.5. The van der Waals surface area contributed by atoms with Gasteiger partial charge in [0.15, 0.2) is 0 Å². The Labute approximate surface area is 278 Å². The minimum atomic E-state index is -1.50. The Kier molecular flexibility index (Phi) is 17.9. The van der Waals surface area contributed by atoms with Crippen molar-refractivity contribution in [2.24, 2.45) is 0 Å². The van der Waals surface area contributed by atoms with Crippen molar-refractivity contribution in [3.05, 3.63) is 29.8 Å². The summed E-state index contributed by atoms with van der Waals surface area (Å²) in [5, 5.41) is 40.9. The smallest absolute Gasteiger partial charge is 0.323 e. The van der Waals surface area contributed by atoms with Crippen molar-refractivity contribution in [3.8, 4) is 5.75 Å². The zero-order valence-corrected chi connectivity index (χ0v) is 26.4. The van der Waals surface area contributed by atoms with Crippen molar-refractivity contribution in [2.45, 2.75) is 19.4 Å². The van der Waals surface area contributed by atoms with Gasteiger partial charge in [0.2, 0.25) is 47.8 Å². The van der Waals surface area contributed by atoms with E-state index < -0.39 is 112 Å². The van der Waals surface area contributed by atoms with E-state index in [2.05, 4.69) is 31.9 Å². The fourth-order valence-corrected chi connectivity index (χ4v) is 3.79. The highest BCUT2D eigenvalue weighted by Crippen LogP contribution is 2.11. The third kappa shape index (κ3) is 17.3. The Balaban J connectivity index is 2.58. The molecule has 0 aliphatic heterocycles. The number of carboxylic acid groups (broad SMARTS) is 2. The number of aliphatic carboxylic acids is 2. The molecule has 1 rings (SSSR count). The maximum Gasteiger partial charge on any atom is 0.323 e. The molecule has 0 spiro atoms. The molecule has 0 unspecified atom stereocenters. The third-order valence-corrected chi connectivity index (χ3v) is 6.11. The van der Waals surface area contributed by atoms with E-state index in [1.165, 1.54) is 24.3 Å². The number of amides is 8. The number of likely N-dealkylation sites (N-methyl/N-ethyl adjacent to an activating group) is 1. The largest absolute Gasteiger partial charge is 0.508 e. The van der Waals surface area contributed by atoms with Crippen molar-refractivity contribution in [2.75, 3.05) is 58.9 Å². The molecule has 0 aliphatic carbocycles. The van der Waals surface area contributed by atoms with Crippen LogP contribution in [0, 0.1) is 0 Å². The van der Waals surface area contributed by atoms with Crippen LogP contribution in [0.3, 0.4) is 0 Å². The van der Waals surface area contributed by atoms with Crippen LogP contribution in [-0.4, -0.2) is 150 Å². The number of carbonyl (C=O) groups is 10. The number of hydrogen-bond donors (Lipinski definition) is 9. The van der Waals surface area contributed by atoms with Gasteiger partial charge in [-0.3, -0.25) is 47.9 Å². The van der Waals surface area contributed by atoms with Crippen molar-refractivity contribution in [1.29, 1.82) is 0 Å². The van der Waals surface area contributed by atoms with Gasteiger partial charge >= 0.3 is 11.9 Å². The average Bonchev–Trinajstić information content (AvgIpc) is 3.03. The first kappa shape index (κ1) is 40.7. The number of phenols is 1. The first-order valence-corrected chi connectivity index (χ1v) is 14.5. The number of hydrogen-bond acceptors (Lipinski definition) is 11. The van der Waals surface area contributed by atoms with E-state index >= 15 is 0 Å². The number of benzene rings is 1. The van der Waals surface area contributed by atoms with Crippen LogP contribution < -0.4 is 31.9 Å². The highest BCUT2D eigenvalue weighted by Gasteiger charge is 2.23. The Morgan fingerprint density at radius 3 is 1.55 bits per heavy atom. The minimum absolute atomic E-state index is 0.00414. The molecule has 21 heteroatoms. The molecule has 1 aromatic rings. The van der Waals surface area contributed by atoms with E-state index in [4.69, 9.17) is 10.2 Å². The maximum absolute atomic E-state index is 12.6. The van der Waals surface area contributed by atoms with E-state index in [-0.39, 0.29) is 18.7 Å². The van der Waals surface area contributed by atoms with E-state index in [1.54, 1.807) is 6.92 Å². The lowest BCUT2D eigenvalue weighted by Gasteiger charge is -2.21. The topological polar surface area (TPSA) is 310 Å². The molecule has 8 amide bonds. The van der Waals surface area contributed by atoms with Crippen molar-refractivity contribution in [3.63, 3.8) is 0 Å². The minimum Gasteiger partial charge on any atom is -0.508 e. The molecule has 268 valence electrons. The highest BCUT2D eigenvalue weighted by atomic mass is 16.4. The molecule has 0 aliphatic rings. The monoisotopic (exact) mass is 694 g/mol. The predicted octanol–water partition coefficient (Wildman–Crippen LogP) is -5.52. The molecule has 0 saturated heterocycles. The Hall–Kier alpha value is -6.28. The molecule has 0 saturated carbocycles. The third-order valence-electron chi connectivity index (χ3n) is 6.11. The van der Waals surface area contributed by atoms with Gasteiger partial charge in [-0.25, -0.2) is 0 Å². The van der Waals surface area contributed by atoms with Crippen molar-refractivity contribution >= 4 is 59.7 Å². The summed E-state index contributed by atoms with van der Waals surface area (Å²) in [6, 6.07) is 4.75. The number of phenolic OH excluding ortho intramolecular Hbond substituents is 1. The highest BCUT2D eigenvalue weighted by molar-refractivity contribution is 5.94. The van der Waals surface area contributed by atoms with Gasteiger partial charge in [-0.05, 0) is 24.6 Å². The molecule has 1 aromatic carbocycles. The van der Waals surface area contributed by atoms with E-state index in [0.717, 1.165) is 0 Å². The molecule has 0 heterocycles. The van der Waals surface area contributed by atoms with Gasteiger partial charge in [0.1, 0.15) is 38.0 Å². The quantitative estimate of drug-likeness (QED) is 0.0512. The summed E-state index contributed by atoms with van der Waals surface area (Å²) in [7, 11) is 0. The number of carboxylic acids is 2. The molecule has 0 bridgehead atoms. The summed E-state index contributed by atoms with van der Waals surface area (Å²) in [5.41, 5.74) is 0.592. The second-order valence-corrected chi connectivity index (χ2v) is 10.00. The lowest BCUT2D eigenvalue weighted by Crippen LogP contribution is -2.51. The Bertz CT molecular complexity index is 1390. The number of nitrogens with one attached hydrogen (secondary N) is 6. The summed E-state index contributed by atoms with van der Waals surface area (Å²) >= 11 is 0. The lowest BCUT2D eigenvalue weighted by molar-refractivity contribution is -0.146. The lowest BCUT2D eigenvalue weighted by atomic mass is 10.1. The van der Waals surface area contributed by atoms with Gasteiger partial charge in [0, 0.05) is 13.0 Å². The molecule has 9 N–H and O–H groups in total. The number of rotatable bonds is 22. The van der Waals surface area contributed by atoms with Crippen molar-refractivity contribution < 1.29 is 63.3 Å². The molecule has 0 aromatic heterocycles. The van der Waals surface area contributed by atoms with Gasteiger partial charge < -0.3 is 57.0 Å². The summed E-state index contributed by atoms with van der Waals surface area (Å²) in [6.45, 7) is -4.17. The van der Waals surface area contributed by atoms with Crippen LogP contribution in [0.2, 0.25) is 0 Å². The first-order chi connectivity index (χ1) is 23.1. The van der Waals surface area contributed by atoms with Crippen LogP contribution in [-0.2, 0) is 54.4 Å². The zero-order valence-electron chi connectivity index (χ0n) is 26.4. The summed E-state index contributed by atoms with van der Waals surface area (Å²) in [5.74, 6) is -8.94. The van der Waals surface area contributed by atoms with Crippen LogP contribution in [0.15, 0.2) is 24.3 Å². The summed E-state index contributed by atoms with van der Waals surface area (Å²) in [4.78, 5) is 120. The van der Waals surface area contributed by atoms with Gasteiger partial charge in [-0.1, -0.05) is 12.1 Å². The molecule has 0 fully saturated rings. The molecule has 1 atom stereocenters. The molecule has 0 radical (unpaired) electrons. The maximum atomic E-state index is 12.6. The summed E-state index contributed by atoms with van der Waals surface area (Å²) < 4.78 is 0. The number of carbonyl (C=O) groups excluding carboxylic acids is 8. The molecular weight excluding hydrogens is 656 g/mol. The second kappa shape index (κ2) is 21.5. The normalized spacial score (nSPS) is 10.7. The van der Waals surface area contributed by atoms with Crippen molar-refractivity contribution in [1.82, 2.24) is 41.7 Å². The average molecular weight is 695 g/mol. The zero-order chi connectivity index (χ0) is 36.9. The van der Waals surface area contributed by atoms with E-state index in [1.807, 2.05) is 0 Å². The van der Waals surface area contributed by atoms with Crippen LogP contribution in [0.1, 0.15) is 12.5 Å². The Morgan fingerprint density at radius 2 is 1.10 bits per heavy atom. The fourth-order valence-electron chi connectivity index (χ4n) is 3.79. The van der Waals surface area contributed by atoms with Gasteiger partial charge in [-0.15, -0.1) is 0 Å². The summed E-state index contributed by atoms with van der Waals surface area (Å²) in [6.07, 6.45) is 0.321. The van der Waals surface area contributed by atoms with Crippen LogP contribution in [0.5, 0.6) is 5.75 Å². The van der Waals surface area contributed by atoms with Crippen LogP contribution in [0.4, 0.5) is 0 Å². The standard InChI is InChI=1S/C28H38N8O13/c1-2-29-22(41)12-35(14-26(45)46)24(43)10-31-20(39)8-30-23(42)13-36(15-27(47)48)25(44)11-32-21(40)9-33-28(49)19(34-16-37)7-17-3-5-18(38)6-4-17/h3-6,16,19,38H,2,7-15H2,1H3,(H,29,41)(H,30,42)(H,31,39)(H,32,40)(H,33,49)(H,34,37)(H,45,46)(H,47,48)/t19-/m0/s1.